The third-order valence-corrected chi connectivity index (χ3v) is 9.97. The van der Waals surface area contributed by atoms with Gasteiger partial charge in [0, 0.05) is 21.0 Å². The van der Waals surface area contributed by atoms with Crippen molar-refractivity contribution in [2.75, 3.05) is 5.75 Å². The molecule has 1 aliphatic heterocycles. The molecule has 1 spiro atoms. The Hall–Kier alpha value is -2.43. The van der Waals surface area contributed by atoms with Gasteiger partial charge in [-0.1, -0.05) is 5.92 Å². The molecule has 1 saturated carbocycles. The molecule has 0 bridgehead atoms. The quantitative estimate of drug-likeness (QED) is 0.596. The van der Waals surface area contributed by atoms with Gasteiger partial charge in [0.2, 0.25) is 0 Å². The number of rotatable bonds is 1. The molecule has 29 heavy (non-hydrogen) atoms. The normalized spacial score (nSPS) is 24.3. The molecule has 1 aromatic heterocycles. The van der Waals surface area contributed by atoms with E-state index in [4.69, 9.17) is 5.73 Å². The molecule has 0 amide bonds. The standard InChI is InChI=1S/C22H19FN2O2S2/c1-3-4-13-5-6-18-15(9-13)16-10-14(11-17(23)19(16)28-18)21(2)12-29(26,27)22(7-8-22)20(24)25-21/h5-6,9-11H,7-8,12H2,1-2H3,(H2,24,25)/t21-/m0/s1. The van der Waals surface area contributed by atoms with E-state index in [1.807, 2.05) is 24.3 Å². The Morgan fingerprint density at radius 3 is 2.62 bits per heavy atom. The van der Waals surface area contributed by atoms with Crippen LogP contribution in [0.5, 0.6) is 0 Å². The highest BCUT2D eigenvalue weighted by Gasteiger charge is 2.62. The number of aliphatic imine (C=N–C) groups is 1. The van der Waals surface area contributed by atoms with Crippen molar-refractivity contribution in [3.05, 3.63) is 47.3 Å². The highest BCUT2D eigenvalue weighted by molar-refractivity contribution is 7.94. The molecule has 0 radical (unpaired) electrons. The number of benzene rings is 2. The van der Waals surface area contributed by atoms with Gasteiger partial charge in [0.1, 0.15) is 16.4 Å². The van der Waals surface area contributed by atoms with E-state index >= 15 is 4.39 Å². The van der Waals surface area contributed by atoms with Crippen molar-refractivity contribution in [2.24, 2.45) is 10.7 Å². The third kappa shape index (κ3) is 2.55. The zero-order valence-electron chi connectivity index (χ0n) is 16.0. The molecule has 1 fully saturated rings. The summed E-state index contributed by atoms with van der Waals surface area (Å²) >= 11 is 1.38. The van der Waals surface area contributed by atoms with Crippen LogP contribution in [0, 0.1) is 17.7 Å². The summed E-state index contributed by atoms with van der Waals surface area (Å²) in [6, 6.07) is 9.07. The van der Waals surface area contributed by atoms with Crippen LogP contribution in [0.2, 0.25) is 0 Å². The van der Waals surface area contributed by atoms with Crippen LogP contribution >= 0.6 is 11.3 Å². The molecule has 2 aromatic carbocycles. The van der Waals surface area contributed by atoms with E-state index in [2.05, 4.69) is 16.8 Å². The largest absolute Gasteiger partial charge is 0.386 e. The van der Waals surface area contributed by atoms with E-state index < -0.39 is 20.1 Å². The van der Waals surface area contributed by atoms with Gasteiger partial charge in [-0.05, 0) is 62.6 Å². The summed E-state index contributed by atoms with van der Waals surface area (Å²) in [6.45, 7) is 3.49. The Morgan fingerprint density at radius 1 is 1.21 bits per heavy atom. The minimum atomic E-state index is -3.46. The molecule has 7 heteroatoms. The number of hydrogen-bond acceptors (Lipinski definition) is 5. The first kappa shape index (κ1) is 18.6. The topological polar surface area (TPSA) is 72.5 Å². The molecular formula is C22H19FN2O2S2. The fourth-order valence-electron chi connectivity index (χ4n) is 4.27. The van der Waals surface area contributed by atoms with Crippen LogP contribution in [-0.4, -0.2) is 24.8 Å². The summed E-state index contributed by atoms with van der Waals surface area (Å²) in [5.41, 5.74) is 6.37. The van der Waals surface area contributed by atoms with E-state index in [1.54, 1.807) is 13.8 Å². The van der Waals surface area contributed by atoms with E-state index in [0.29, 0.717) is 23.1 Å². The van der Waals surface area contributed by atoms with E-state index in [-0.39, 0.29) is 17.4 Å². The molecule has 2 aliphatic rings. The number of fused-ring (bicyclic) bond motifs is 3. The number of thiophene rings is 1. The van der Waals surface area contributed by atoms with Gasteiger partial charge in [0.25, 0.3) is 0 Å². The Labute approximate surface area is 172 Å². The maximum absolute atomic E-state index is 15.1. The number of amidine groups is 1. The lowest BCUT2D eigenvalue weighted by molar-refractivity contribution is 0.510. The van der Waals surface area contributed by atoms with Gasteiger partial charge in [-0.25, -0.2) is 12.8 Å². The minimum absolute atomic E-state index is 0.155. The molecule has 148 valence electrons. The summed E-state index contributed by atoms with van der Waals surface area (Å²) in [4.78, 5) is 4.58. The number of halogens is 1. The van der Waals surface area contributed by atoms with Gasteiger partial charge < -0.3 is 5.73 Å². The minimum Gasteiger partial charge on any atom is -0.386 e. The highest BCUT2D eigenvalue weighted by Crippen LogP contribution is 2.50. The summed E-state index contributed by atoms with van der Waals surface area (Å²) in [7, 11) is -3.46. The van der Waals surface area contributed by atoms with Crippen molar-refractivity contribution in [3.63, 3.8) is 0 Å². The second-order valence-corrected chi connectivity index (χ2v) is 11.4. The van der Waals surface area contributed by atoms with Crippen molar-refractivity contribution in [1.29, 1.82) is 0 Å². The smallest absolute Gasteiger partial charge is 0.165 e. The van der Waals surface area contributed by atoms with Crippen LogP contribution in [0.25, 0.3) is 20.2 Å². The second kappa shape index (κ2) is 5.80. The maximum Gasteiger partial charge on any atom is 0.165 e. The molecule has 5 rings (SSSR count). The molecule has 0 saturated heterocycles. The number of sulfone groups is 1. The Bertz CT molecular complexity index is 1410. The maximum atomic E-state index is 15.1. The zero-order chi connectivity index (χ0) is 20.6. The molecule has 2 N–H and O–H groups in total. The number of hydrogen-bond donors (Lipinski definition) is 1. The molecule has 4 nitrogen and oxygen atoms in total. The van der Waals surface area contributed by atoms with Crippen LogP contribution in [0.4, 0.5) is 4.39 Å². The van der Waals surface area contributed by atoms with Crippen molar-refractivity contribution < 1.29 is 12.8 Å². The molecule has 1 atom stereocenters. The van der Waals surface area contributed by atoms with Crippen molar-refractivity contribution >= 4 is 47.2 Å². The number of nitrogens with two attached hydrogens (primary N) is 1. The molecule has 2 heterocycles. The Balaban J connectivity index is 1.75. The van der Waals surface area contributed by atoms with Crippen molar-refractivity contribution in [3.8, 4) is 11.8 Å². The van der Waals surface area contributed by atoms with Crippen LogP contribution in [0.3, 0.4) is 0 Å². The van der Waals surface area contributed by atoms with Crippen LogP contribution in [0.15, 0.2) is 35.3 Å². The predicted octanol–water partition coefficient (Wildman–Crippen LogP) is 4.10. The van der Waals surface area contributed by atoms with E-state index in [9.17, 15) is 8.42 Å². The Morgan fingerprint density at radius 2 is 1.97 bits per heavy atom. The molecule has 0 unspecified atom stereocenters. The fourth-order valence-corrected chi connectivity index (χ4v) is 7.67. The average molecular weight is 427 g/mol. The van der Waals surface area contributed by atoms with Gasteiger partial charge >= 0.3 is 0 Å². The first-order valence-corrected chi connectivity index (χ1v) is 11.8. The summed E-state index contributed by atoms with van der Waals surface area (Å²) in [5.74, 6) is 5.52. The van der Waals surface area contributed by atoms with Gasteiger partial charge in [0.15, 0.2) is 9.84 Å². The van der Waals surface area contributed by atoms with Crippen LogP contribution in [-0.2, 0) is 15.4 Å². The van der Waals surface area contributed by atoms with Crippen LogP contribution < -0.4 is 5.73 Å². The Kier molecular flexibility index (Phi) is 3.72. The van der Waals surface area contributed by atoms with Gasteiger partial charge in [-0.15, -0.1) is 17.3 Å². The lowest BCUT2D eigenvalue weighted by Gasteiger charge is -2.34. The van der Waals surface area contributed by atoms with Crippen molar-refractivity contribution in [1.82, 2.24) is 0 Å². The molecule has 3 aromatic rings. The second-order valence-electron chi connectivity index (χ2n) is 8.05. The van der Waals surface area contributed by atoms with Gasteiger partial charge in [-0.2, -0.15) is 0 Å². The first-order chi connectivity index (χ1) is 13.7. The monoisotopic (exact) mass is 426 g/mol. The van der Waals surface area contributed by atoms with E-state index in [1.165, 1.54) is 17.4 Å². The first-order valence-electron chi connectivity index (χ1n) is 9.36. The molecule has 1 aliphatic carbocycles. The van der Waals surface area contributed by atoms with Crippen LogP contribution in [0.1, 0.15) is 37.8 Å². The third-order valence-electron chi connectivity index (χ3n) is 6.02. The number of nitrogens with zero attached hydrogens (tertiary/aromatic N) is 1. The van der Waals surface area contributed by atoms with Gasteiger partial charge in [0.05, 0.1) is 16.0 Å². The lowest BCUT2D eigenvalue weighted by atomic mass is 9.92. The summed E-state index contributed by atoms with van der Waals surface area (Å²) in [5, 5.41) is 1.66. The molecular weight excluding hydrogens is 407 g/mol. The summed E-state index contributed by atoms with van der Waals surface area (Å²) < 4.78 is 41.4. The summed E-state index contributed by atoms with van der Waals surface area (Å²) in [6.07, 6.45) is 1.04. The highest BCUT2D eigenvalue weighted by atomic mass is 32.2. The average Bonchev–Trinajstić information content (AvgIpc) is 3.38. The van der Waals surface area contributed by atoms with Gasteiger partial charge in [-0.3, -0.25) is 4.99 Å². The SMILES string of the molecule is CC#Cc1ccc2sc3c(F)cc([C@]4(C)CS(=O)(=O)C5(CC5)C(N)=N4)cc3c2c1. The van der Waals surface area contributed by atoms with E-state index in [0.717, 1.165) is 21.0 Å². The lowest BCUT2D eigenvalue weighted by Crippen LogP contribution is -2.50. The fraction of sp³-hybridized carbons (Fsp3) is 0.318. The zero-order valence-corrected chi connectivity index (χ0v) is 17.7. The predicted molar refractivity (Wildman–Crippen MR) is 117 cm³/mol. The van der Waals surface area contributed by atoms with Crippen molar-refractivity contribution in [2.45, 2.75) is 37.0 Å².